The first-order valence-corrected chi connectivity index (χ1v) is 10.1. The van der Waals surface area contributed by atoms with E-state index in [1.165, 1.54) is 43.4 Å². The lowest BCUT2D eigenvalue weighted by molar-refractivity contribution is 0.0451. The molecule has 2 N–H and O–H groups in total. The number of ether oxygens (including phenoxy) is 1. The maximum absolute atomic E-state index is 5.43. The molecule has 1 aromatic heterocycles. The van der Waals surface area contributed by atoms with Crippen LogP contribution >= 0.6 is 0 Å². The zero-order valence-corrected chi connectivity index (χ0v) is 17.8. The summed E-state index contributed by atoms with van der Waals surface area (Å²) >= 11 is 0. The van der Waals surface area contributed by atoms with Gasteiger partial charge in [-0.15, -0.1) is 0 Å². The summed E-state index contributed by atoms with van der Waals surface area (Å²) in [6, 6.07) is 0. The minimum Gasteiger partial charge on any atom is -0.384 e. The van der Waals surface area contributed by atoms with Gasteiger partial charge in [0.05, 0.1) is 12.8 Å². The number of nitrogens with zero attached hydrogens (tertiary/aromatic N) is 2. The van der Waals surface area contributed by atoms with Crippen LogP contribution in [0.4, 0.5) is 0 Å². The molecule has 0 radical (unpaired) electrons. The van der Waals surface area contributed by atoms with Gasteiger partial charge in [-0.05, 0) is 57.0 Å². The van der Waals surface area contributed by atoms with Crippen molar-refractivity contribution < 1.29 is 4.74 Å². The summed E-state index contributed by atoms with van der Waals surface area (Å²) < 4.78 is 5.43. The first-order valence-electron chi connectivity index (χ1n) is 10.1. The van der Waals surface area contributed by atoms with Crippen LogP contribution in [0.25, 0.3) is 0 Å². The Morgan fingerprint density at radius 2 is 2.08 bits per heavy atom. The largest absolute Gasteiger partial charge is 0.384 e. The highest BCUT2D eigenvalue weighted by Gasteiger charge is 2.37. The van der Waals surface area contributed by atoms with E-state index in [-0.39, 0.29) is 5.41 Å². The van der Waals surface area contributed by atoms with Crippen molar-refractivity contribution in [3.8, 4) is 0 Å². The van der Waals surface area contributed by atoms with Gasteiger partial charge in [0.2, 0.25) is 0 Å². The molecule has 26 heavy (non-hydrogen) atoms. The maximum Gasteiger partial charge on any atom is 0.0535 e. The molecule has 0 atom stereocenters. The molecule has 2 rings (SSSR count). The summed E-state index contributed by atoms with van der Waals surface area (Å²) in [6.45, 7) is 11.0. The van der Waals surface area contributed by atoms with Gasteiger partial charge in [-0.1, -0.05) is 20.8 Å². The fraction of sp³-hybridized carbons (Fsp3) is 0.857. The van der Waals surface area contributed by atoms with Crippen molar-refractivity contribution in [1.29, 1.82) is 0 Å². The second-order valence-corrected chi connectivity index (χ2v) is 9.51. The summed E-state index contributed by atoms with van der Waals surface area (Å²) in [5.74, 6) is 0.629. The molecule has 1 aliphatic carbocycles. The van der Waals surface area contributed by atoms with Gasteiger partial charge in [-0.3, -0.25) is 5.10 Å². The van der Waals surface area contributed by atoms with Crippen LogP contribution in [0.2, 0.25) is 0 Å². The first kappa shape index (κ1) is 21.4. The van der Waals surface area contributed by atoms with E-state index in [4.69, 9.17) is 4.74 Å². The molecule has 5 nitrogen and oxygen atoms in total. The third-order valence-electron chi connectivity index (χ3n) is 5.98. The summed E-state index contributed by atoms with van der Waals surface area (Å²) in [5.41, 5.74) is 3.43. The van der Waals surface area contributed by atoms with Crippen LogP contribution < -0.4 is 5.32 Å². The van der Waals surface area contributed by atoms with E-state index < -0.39 is 0 Å². The molecule has 5 heteroatoms. The number of hydrogen-bond donors (Lipinski definition) is 2. The maximum atomic E-state index is 5.43. The van der Waals surface area contributed by atoms with E-state index in [0.29, 0.717) is 11.3 Å². The van der Waals surface area contributed by atoms with E-state index in [1.54, 1.807) is 0 Å². The van der Waals surface area contributed by atoms with Crippen molar-refractivity contribution in [3.05, 3.63) is 17.5 Å². The van der Waals surface area contributed by atoms with Gasteiger partial charge in [0.1, 0.15) is 0 Å². The normalized spacial score (nSPS) is 24.3. The molecule has 0 aliphatic heterocycles. The van der Waals surface area contributed by atoms with Crippen molar-refractivity contribution in [3.63, 3.8) is 0 Å². The molecule has 0 amide bonds. The highest BCUT2D eigenvalue weighted by Crippen LogP contribution is 2.48. The molecular weight excluding hydrogens is 324 g/mol. The lowest BCUT2D eigenvalue weighted by Crippen LogP contribution is -2.32. The minimum absolute atomic E-state index is 0.255. The van der Waals surface area contributed by atoms with Crippen molar-refractivity contribution in [2.75, 3.05) is 40.9 Å². The number of aromatic nitrogens is 2. The van der Waals surface area contributed by atoms with Crippen LogP contribution in [0.1, 0.15) is 70.1 Å². The average Bonchev–Trinajstić information content (AvgIpc) is 3.00. The lowest BCUT2D eigenvalue weighted by atomic mass is 9.64. The van der Waals surface area contributed by atoms with Gasteiger partial charge >= 0.3 is 0 Å². The van der Waals surface area contributed by atoms with E-state index in [1.807, 2.05) is 20.4 Å². The molecule has 1 heterocycles. The van der Waals surface area contributed by atoms with Gasteiger partial charge in [-0.25, -0.2) is 0 Å². The van der Waals surface area contributed by atoms with Gasteiger partial charge < -0.3 is 15.0 Å². The number of rotatable bonds is 10. The van der Waals surface area contributed by atoms with Crippen molar-refractivity contribution in [1.82, 2.24) is 20.4 Å². The Morgan fingerprint density at radius 1 is 1.38 bits per heavy atom. The fourth-order valence-corrected chi connectivity index (χ4v) is 4.85. The van der Waals surface area contributed by atoms with Crippen LogP contribution in [-0.2, 0) is 11.3 Å². The van der Waals surface area contributed by atoms with Gasteiger partial charge in [0.15, 0.2) is 0 Å². The van der Waals surface area contributed by atoms with E-state index in [2.05, 4.69) is 48.2 Å². The van der Waals surface area contributed by atoms with Gasteiger partial charge in [0.25, 0.3) is 0 Å². The lowest BCUT2D eigenvalue weighted by Gasteiger charge is -2.42. The number of likely N-dealkylation sites (N-methyl/N-ethyl adjacent to an activating group) is 2. The SMILES string of the molecule is CNCCN(C)Cc1cn[nH]c1C1CCC(C)(CC(C)(C)COC)CC1. The Kier molecular flexibility index (Phi) is 7.68. The number of H-pyrrole nitrogens is 1. The number of hydrogen-bond acceptors (Lipinski definition) is 4. The topological polar surface area (TPSA) is 53.2 Å². The molecule has 0 bridgehead atoms. The van der Waals surface area contributed by atoms with Gasteiger partial charge in [0, 0.05) is 43.9 Å². The van der Waals surface area contributed by atoms with Crippen LogP contribution in [0.5, 0.6) is 0 Å². The van der Waals surface area contributed by atoms with Crippen molar-refractivity contribution >= 4 is 0 Å². The molecule has 150 valence electrons. The Balaban J connectivity index is 1.93. The Labute approximate surface area is 160 Å². The minimum atomic E-state index is 0.255. The predicted octanol–water partition coefficient (Wildman–Crippen LogP) is 3.79. The summed E-state index contributed by atoms with van der Waals surface area (Å²) in [7, 11) is 6.00. The molecule has 1 saturated carbocycles. The van der Waals surface area contributed by atoms with Gasteiger partial charge in [-0.2, -0.15) is 5.10 Å². The Hall–Kier alpha value is -0.910. The summed E-state index contributed by atoms with van der Waals surface area (Å²) in [5, 5.41) is 10.9. The molecule has 1 aliphatic rings. The number of nitrogens with one attached hydrogen (secondary N) is 2. The summed E-state index contributed by atoms with van der Waals surface area (Å²) in [4.78, 5) is 2.37. The molecule has 0 saturated heterocycles. The van der Waals surface area contributed by atoms with E-state index in [9.17, 15) is 0 Å². The average molecular weight is 365 g/mol. The number of aromatic amines is 1. The Morgan fingerprint density at radius 3 is 2.69 bits per heavy atom. The monoisotopic (exact) mass is 364 g/mol. The smallest absolute Gasteiger partial charge is 0.0535 e. The zero-order valence-electron chi connectivity index (χ0n) is 17.8. The van der Waals surface area contributed by atoms with Crippen LogP contribution in [0.3, 0.4) is 0 Å². The standard InChI is InChI=1S/C21H40N4O/c1-20(2,16-26-6)15-21(3)9-7-17(8-10-21)19-18(13-23-24-19)14-25(5)12-11-22-4/h13,17,22H,7-12,14-16H2,1-6H3,(H,23,24). The fourth-order valence-electron chi connectivity index (χ4n) is 4.85. The van der Waals surface area contributed by atoms with Crippen molar-refractivity contribution in [2.45, 2.75) is 65.3 Å². The van der Waals surface area contributed by atoms with Crippen LogP contribution in [0.15, 0.2) is 6.20 Å². The first-order chi connectivity index (χ1) is 12.3. The van der Waals surface area contributed by atoms with E-state index >= 15 is 0 Å². The summed E-state index contributed by atoms with van der Waals surface area (Å²) in [6.07, 6.45) is 8.37. The second kappa shape index (κ2) is 9.34. The molecule has 0 aromatic carbocycles. The molecule has 1 aromatic rings. The Bertz CT molecular complexity index is 532. The molecule has 0 unspecified atom stereocenters. The van der Waals surface area contributed by atoms with E-state index in [0.717, 1.165) is 26.2 Å². The van der Waals surface area contributed by atoms with Crippen LogP contribution in [-0.4, -0.2) is 56.0 Å². The van der Waals surface area contributed by atoms with Crippen LogP contribution in [0, 0.1) is 10.8 Å². The highest BCUT2D eigenvalue weighted by atomic mass is 16.5. The zero-order chi connectivity index (χ0) is 19.2. The predicted molar refractivity (Wildman–Crippen MR) is 108 cm³/mol. The highest BCUT2D eigenvalue weighted by molar-refractivity contribution is 5.21. The quantitative estimate of drug-likeness (QED) is 0.663. The van der Waals surface area contributed by atoms with Crippen molar-refractivity contribution in [2.24, 2.45) is 10.8 Å². The molecule has 1 fully saturated rings. The third-order valence-corrected chi connectivity index (χ3v) is 5.98. The third kappa shape index (κ3) is 6.07. The number of methoxy groups -OCH3 is 1. The molecule has 0 spiro atoms. The second-order valence-electron chi connectivity index (χ2n) is 9.51. The molecular formula is C21H40N4O.